The predicted octanol–water partition coefficient (Wildman–Crippen LogP) is -3.84. The first-order chi connectivity index (χ1) is 4.23. The summed E-state index contributed by atoms with van der Waals surface area (Å²) in [6.45, 7) is 4.25. The van der Waals surface area contributed by atoms with Crippen molar-refractivity contribution < 1.29 is 49.0 Å². The second-order valence-corrected chi connectivity index (χ2v) is 4.42. The van der Waals surface area contributed by atoms with Gasteiger partial charge in [-0.2, -0.15) is 18.2 Å². The van der Waals surface area contributed by atoms with Crippen LogP contribution in [0.3, 0.4) is 0 Å². The summed E-state index contributed by atoms with van der Waals surface area (Å²) in [6.07, 6.45) is 0. The summed E-state index contributed by atoms with van der Waals surface area (Å²) in [5, 5.41) is 0. The number of halogens is 2. The van der Waals surface area contributed by atoms with Gasteiger partial charge >= 0.3 is 41.3 Å². The van der Waals surface area contributed by atoms with Gasteiger partial charge in [-0.1, -0.05) is 0 Å². The summed E-state index contributed by atoms with van der Waals surface area (Å²) < 4.78 is 1.51. The van der Waals surface area contributed by atoms with Crippen LogP contribution in [0, 0.1) is 0 Å². The molecule has 62 valence electrons. The fourth-order valence-electron chi connectivity index (χ4n) is 0.321. The Morgan fingerprint density at radius 3 is 1.45 bits per heavy atom. The molecule has 0 bridgehead atoms. The Labute approximate surface area is 95.9 Å². The van der Waals surface area contributed by atoms with Crippen LogP contribution in [0.2, 0.25) is 0 Å². The molecule has 0 amide bonds. The van der Waals surface area contributed by atoms with Crippen LogP contribution in [0.4, 0.5) is 0 Å². The van der Waals surface area contributed by atoms with E-state index in [1.54, 1.807) is 24.2 Å². The molecule has 0 spiro atoms. The second kappa shape index (κ2) is 13.3. The molecule has 0 fully saturated rings. The Morgan fingerprint density at radius 2 is 1.36 bits per heavy atom. The first-order valence-electron chi connectivity index (χ1n) is 2.92. The van der Waals surface area contributed by atoms with E-state index in [0.717, 1.165) is 0 Å². The van der Waals surface area contributed by atoms with E-state index in [2.05, 4.69) is 13.8 Å². The van der Waals surface area contributed by atoms with Gasteiger partial charge < -0.3 is 24.8 Å². The van der Waals surface area contributed by atoms with E-state index >= 15 is 0 Å². The van der Waals surface area contributed by atoms with Crippen LogP contribution in [-0.4, -0.2) is 3.21 Å². The molecule has 0 heterocycles. The van der Waals surface area contributed by atoms with Gasteiger partial charge in [-0.15, -0.1) is 0 Å². The van der Waals surface area contributed by atoms with E-state index in [1.165, 1.54) is 3.21 Å². The average Bonchev–Trinajstić information content (AvgIpc) is 2.11. The van der Waals surface area contributed by atoms with Gasteiger partial charge in [-0.25, -0.2) is 12.1 Å². The molecule has 0 saturated heterocycles. The fourth-order valence-corrected chi connectivity index (χ4v) is 0.321. The zero-order chi connectivity index (χ0) is 7.11. The average molecular weight is 269 g/mol. The van der Waals surface area contributed by atoms with Gasteiger partial charge in [-0.3, -0.25) is 0 Å². The van der Waals surface area contributed by atoms with E-state index in [4.69, 9.17) is 0 Å². The van der Waals surface area contributed by atoms with Crippen LogP contribution in [0.5, 0.6) is 0 Å². The molecule has 1 rings (SSSR count). The molecular weight excluding hydrogens is 258 g/mol. The van der Waals surface area contributed by atoms with Crippen LogP contribution < -0.4 is 24.8 Å². The van der Waals surface area contributed by atoms with Gasteiger partial charge in [0.05, 0.1) is 0 Å². The molecule has 0 atom stereocenters. The third-order valence-corrected chi connectivity index (χ3v) is 0.556. The Kier molecular flexibility index (Phi) is 21.4. The van der Waals surface area contributed by atoms with Crippen molar-refractivity contribution in [2.75, 3.05) is 0 Å². The molecule has 0 unspecified atom stereocenters. The molecule has 1 aromatic rings. The second-order valence-electron chi connectivity index (χ2n) is 1.96. The summed E-state index contributed by atoms with van der Waals surface area (Å²) in [5.74, 6) is 0. The fraction of sp³-hybridized carbons (Fsp3) is 0.250. The maximum atomic E-state index is 2.12. The quantitative estimate of drug-likeness (QED) is 0.423. The van der Waals surface area contributed by atoms with Gasteiger partial charge in [0, 0.05) is 0 Å². The van der Waals surface area contributed by atoms with Crippen molar-refractivity contribution >= 4 is 3.21 Å². The molecule has 0 aliphatic heterocycles. The van der Waals surface area contributed by atoms with Gasteiger partial charge in [-0.05, 0) is 0 Å². The summed E-state index contributed by atoms with van der Waals surface area (Å²) in [5.41, 5.74) is 0. The Morgan fingerprint density at radius 1 is 1.09 bits per heavy atom. The Balaban J connectivity index is -0.000000101. The molecule has 0 nitrogen and oxygen atoms in total. The predicted molar refractivity (Wildman–Crippen MR) is 38.4 cm³/mol. The minimum Gasteiger partial charge on any atom is -1.00 e. The normalized spacial score (nSPS) is 6.18. The van der Waals surface area contributed by atoms with Crippen molar-refractivity contribution in [1.29, 1.82) is 0 Å². The minimum absolute atomic E-state index is 0. The van der Waals surface area contributed by atoms with E-state index in [0.29, 0.717) is 0 Å². The topological polar surface area (TPSA) is 0 Å². The third-order valence-electron chi connectivity index (χ3n) is 0.556. The van der Waals surface area contributed by atoms with E-state index in [-0.39, 0.29) is 24.8 Å². The van der Waals surface area contributed by atoms with Gasteiger partial charge in [0.15, 0.2) is 0 Å². The molecule has 1 aromatic carbocycles. The minimum atomic E-state index is 0. The smallest absolute Gasteiger partial charge is 0.172 e. The van der Waals surface area contributed by atoms with Crippen molar-refractivity contribution in [3.63, 3.8) is 0 Å². The largest absolute Gasteiger partial charge is 1.00 e. The van der Waals surface area contributed by atoms with Crippen LogP contribution in [0.25, 0.3) is 0 Å². The van der Waals surface area contributed by atoms with Crippen molar-refractivity contribution in [3.05, 3.63) is 30.3 Å². The monoisotopic (exact) mass is 267 g/mol. The zero-order valence-electron chi connectivity index (χ0n) is 6.64. The maximum absolute atomic E-state index is 2.12. The van der Waals surface area contributed by atoms with E-state index in [9.17, 15) is 0 Å². The number of rotatable bonds is 0. The van der Waals surface area contributed by atoms with Gasteiger partial charge in [0.2, 0.25) is 0 Å². The number of hydrogen-bond donors (Lipinski definition) is 0. The van der Waals surface area contributed by atoms with Crippen molar-refractivity contribution in [1.82, 2.24) is 0 Å². The van der Waals surface area contributed by atoms with Crippen molar-refractivity contribution in [2.45, 2.75) is 13.8 Å². The standard InChI is InChI=1S/C5H5.C3H6.2ClH.Zr/c1-2-4-5-3-1;1-3-2;;;/h1-5H;1-2H3;2*1H;/q-1;;;;+2/p-2. The molecule has 0 aromatic heterocycles. The molecule has 11 heavy (non-hydrogen) atoms. The van der Waals surface area contributed by atoms with Crippen molar-refractivity contribution in [3.8, 4) is 0 Å². The third kappa shape index (κ3) is 24.9. The first-order valence-corrected chi connectivity index (χ1v) is 4.15. The van der Waals surface area contributed by atoms with Gasteiger partial charge in [0.1, 0.15) is 0 Å². The molecule has 0 radical (unpaired) electrons. The number of hydrogen-bond acceptors (Lipinski definition) is 0. The first kappa shape index (κ1) is 17.7. The maximum Gasteiger partial charge on any atom is -0.172 e. The van der Waals surface area contributed by atoms with E-state index < -0.39 is 0 Å². The molecule has 0 saturated carbocycles. The summed E-state index contributed by atoms with van der Waals surface area (Å²) in [6, 6.07) is 10.0. The van der Waals surface area contributed by atoms with Crippen LogP contribution in [-0.2, 0) is 24.2 Å². The molecule has 0 aliphatic rings. The molecule has 0 N–H and O–H groups in total. The molecular formula is C8H11Cl2Zr-. The summed E-state index contributed by atoms with van der Waals surface area (Å²) in [7, 11) is 0. The van der Waals surface area contributed by atoms with Crippen molar-refractivity contribution in [2.24, 2.45) is 0 Å². The van der Waals surface area contributed by atoms with Crippen LogP contribution in [0.15, 0.2) is 30.3 Å². The van der Waals surface area contributed by atoms with Crippen LogP contribution >= 0.6 is 0 Å². The van der Waals surface area contributed by atoms with E-state index in [1.807, 2.05) is 30.3 Å². The molecule has 0 aliphatic carbocycles. The SMILES string of the molecule is C[C](C)=[Zr+2].[Cl-].[Cl-].c1cc[cH-]c1. The Bertz CT molecular complexity index is 126. The summed E-state index contributed by atoms with van der Waals surface area (Å²) >= 11 is 1.55. The zero-order valence-corrected chi connectivity index (χ0v) is 10.6. The van der Waals surface area contributed by atoms with Gasteiger partial charge in [0.25, 0.3) is 0 Å². The molecule has 3 heteroatoms. The Hall–Kier alpha value is 0.683. The summed E-state index contributed by atoms with van der Waals surface area (Å²) in [4.78, 5) is 0. The van der Waals surface area contributed by atoms with Crippen LogP contribution in [0.1, 0.15) is 13.8 Å².